The van der Waals surface area contributed by atoms with Crippen molar-refractivity contribution in [3.05, 3.63) is 82.9 Å². The van der Waals surface area contributed by atoms with E-state index >= 15 is 0 Å². The van der Waals surface area contributed by atoms with Crippen molar-refractivity contribution >= 4 is 17.8 Å². The van der Waals surface area contributed by atoms with Gasteiger partial charge in [0.2, 0.25) is 0 Å². The van der Waals surface area contributed by atoms with E-state index in [-0.39, 0.29) is 30.2 Å². The molecule has 25 heavy (non-hydrogen) atoms. The van der Waals surface area contributed by atoms with Crippen LogP contribution in [0.3, 0.4) is 0 Å². The van der Waals surface area contributed by atoms with Gasteiger partial charge in [-0.05, 0) is 30.7 Å². The summed E-state index contributed by atoms with van der Waals surface area (Å²) in [6.07, 6.45) is 1.48. The van der Waals surface area contributed by atoms with Crippen molar-refractivity contribution in [3.63, 3.8) is 0 Å². The lowest BCUT2D eigenvalue weighted by atomic mass is 10.1. The van der Waals surface area contributed by atoms with Crippen molar-refractivity contribution in [2.24, 2.45) is 0 Å². The van der Waals surface area contributed by atoms with E-state index in [1.165, 1.54) is 24.3 Å². The van der Waals surface area contributed by atoms with Gasteiger partial charge >= 0.3 is 5.97 Å². The first-order valence-electron chi connectivity index (χ1n) is 7.85. The molecule has 0 saturated heterocycles. The predicted octanol–water partition coefficient (Wildman–Crippen LogP) is 3.13. The highest BCUT2D eigenvalue weighted by Gasteiger charge is 2.35. The number of fused-ring (bicyclic) bond motifs is 1. The van der Waals surface area contributed by atoms with E-state index in [4.69, 9.17) is 4.74 Å². The van der Waals surface area contributed by atoms with E-state index in [1.54, 1.807) is 0 Å². The summed E-state index contributed by atoms with van der Waals surface area (Å²) in [7, 11) is 0. The van der Waals surface area contributed by atoms with E-state index in [0.29, 0.717) is 5.56 Å². The second-order valence-corrected chi connectivity index (χ2v) is 5.84. The third-order valence-corrected chi connectivity index (χ3v) is 3.97. The Morgan fingerprint density at radius 2 is 1.88 bits per heavy atom. The van der Waals surface area contributed by atoms with Gasteiger partial charge in [0.1, 0.15) is 6.61 Å². The fraction of sp³-hybridized carbons (Fsp3) is 0.150. The highest BCUT2D eigenvalue weighted by molar-refractivity contribution is 6.22. The SMILES string of the molecule is C=CCN1C(=O)c2ccc(C(=O)OCc3cccc(C)c3)cc2C1=O. The lowest BCUT2D eigenvalue weighted by Gasteiger charge is -2.09. The minimum absolute atomic E-state index is 0.138. The Morgan fingerprint density at radius 1 is 1.12 bits per heavy atom. The summed E-state index contributed by atoms with van der Waals surface area (Å²) in [5.74, 6) is -1.33. The monoisotopic (exact) mass is 335 g/mol. The van der Waals surface area contributed by atoms with Crippen molar-refractivity contribution in [2.45, 2.75) is 13.5 Å². The molecule has 0 saturated carbocycles. The van der Waals surface area contributed by atoms with Crippen LogP contribution in [-0.2, 0) is 11.3 Å². The predicted molar refractivity (Wildman–Crippen MR) is 92.3 cm³/mol. The number of imide groups is 1. The number of carbonyl (C=O) groups excluding carboxylic acids is 3. The molecule has 0 spiro atoms. The van der Waals surface area contributed by atoms with Crippen LogP contribution in [0, 0.1) is 6.92 Å². The lowest BCUT2D eigenvalue weighted by molar-refractivity contribution is 0.0472. The molecule has 0 aromatic heterocycles. The summed E-state index contributed by atoms with van der Waals surface area (Å²) >= 11 is 0. The molecule has 126 valence electrons. The minimum Gasteiger partial charge on any atom is -0.457 e. The number of amides is 2. The largest absolute Gasteiger partial charge is 0.457 e. The smallest absolute Gasteiger partial charge is 0.338 e. The Kier molecular flexibility index (Phi) is 4.48. The molecule has 2 aromatic carbocycles. The summed E-state index contributed by atoms with van der Waals surface area (Å²) in [4.78, 5) is 37.8. The standard InChI is InChI=1S/C20H17NO4/c1-3-9-21-18(22)16-8-7-15(11-17(16)19(21)23)20(24)25-12-14-6-4-5-13(2)10-14/h3-8,10-11H,1,9,12H2,2H3. The van der Waals surface area contributed by atoms with E-state index < -0.39 is 11.9 Å². The van der Waals surface area contributed by atoms with Crippen molar-refractivity contribution < 1.29 is 19.1 Å². The van der Waals surface area contributed by atoms with Crippen LogP contribution in [0.2, 0.25) is 0 Å². The maximum atomic E-state index is 12.3. The Hall–Kier alpha value is -3.21. The van der Waals surface area contributed by atoms with Crippen LogP contribution in [0.4, 0.5) is 0 Å². The third-order valence-electron chi connectivity index (χ3n) is 3.97. The number of carbonyl (C=O) groups is 3. The molecule has 5 heteroatoms. The number of aryl methyl sites for hydroxylation is 1. The lowest BCUT2D eigenvalue weighted by Crippen LogP contribution is -2.29. The maximum absolute atomic E-state index is 12.3. The van der Waals surface area contributed by atoms with Crippen LogP contribution >= 0.6 is 0 Å². The molecule has 1 aliphatic heterocycles. The van der Waals surface area contributed by atoms with E-state index in [1.807, 2.05) is 31.2 Å². The Labute approximate surface area is 145 Å². The number of hydrogen-bond acceptors (Lipinski definition) is 4. The minimum atomic E-state index is -0.535. The number of hydrogen-bond donors (Lipinski definition) is 0. The molecule has 1 aliphatic rings. The molecular weight excluding hydrogens is 318 g/mol. The van der Waals surface area contributed by atoms with Gasteiger partial charge in [0, 0.05) is 6.54 Å². The molecule has 0 unspecified atom stereocenters. The van der Waals surface area contributed by atoms with Crippen molar-refractivity contribution in [1.29, 1.82) is 0 Å². The molecule has 5 nitrogen and oxygen atoms in total. The summed E-state index contributed by atoms with van der Waals surface area (Å²) in [5, 5.41) is 0. The summed E-state index contributed by atoms with van der Waals surface area (Å²) in [6.45, 7) is 5.79. The average Bonchev–Trinajstić information content (AvgIpc) is 2.84. The number of ether oxygens (including phenoxy) is 1. The summed E-state index contributed by atoms with van der Waals surface area (Å²) in [6, 6.07) is 12.1. The second kappa shape index (κ2) is 6.73. The zero-order valence-electron chi connectivity index (χ0n) is 13.8. The first-order valence-corrected chi connectivity index (χ1v) is 7.85. The van der Waals surface area contributed by atoms with Crippen LogP contribution in [-0.4, -0.2) is 29.2 Å². The molecule has 3 rings (SSSR count). The fourth-order valence-corrected chi connectivity index (χ4v) is 2.75. The molecule has 0 aliphatic carbocycles. The number of rotatable bonds is 5. The number of benzene rings is 2. The van der Waals surface area contributed by atoms with Crippen molar-refractivity contribution in [3.8, 4) is 0 Å². The normalized spacial score (nSPS) is 12.9. The van der Waals surface area contributed by atoms with Crippen molar-refractivity contribution in [1.82, 2.24) is 4.90 Å². The van der Waals surface area contributed by atoms with E-state index in [9.17, 15) is 14.4 Å². The topological polar surface area (TPSA) is 63.7 Å². The van der Waals surface area contributed by atoms with Crippen LogP contribution in [0.25, 0.3) is 0 Å². The summed E-state index contributed by atoms with van der Waals surface area (Å²) < 4.78 is 5.30. The van der Waals surface area contributed by atoms with Gasteiger partial charge in [0.25, 0.3) is 11.8 Å². The molecule has 0 atom stereocenters. The van der Waals surface area contributed by atoms with Crippen LogP contribution in [0.1, 0.15) is 42.2 Å². The Bertz CT molecular complexity index is 885. The number of esters is 1. The maximum Gasteiger partial charge on any atom is 0.338 e. The molecule has 0 fully saturated rings. The van der Waals surface area contributed by atoms with Gasteiger partial charge in [-0.2, -0.15) is 0 Å². The summed E-state index contributed by atoms with van der Waals surface area (Å²) in [5.41, 5.74) is 2.72. The van der Waals surface area contributed by atoms with E-state index in [2.05, 4.69) is 6.58 Å². The van der Waals surface area contributed by atoms with Gasteiger partial charge in [-0.15, -0.1) is 6.58 Å². The van der Waals surface area contributed by atoms with E-state index in [0.717, 1.165) is 16.0 Å². The van der Waals surface area contributed by atoms with Gasteiger partial charge in [-0.1, -0.05) is 35.9 Å². The molecule has 0 N–H and O–H groups in total. The highest BCUT2D eigenvalue weighted by Crippen LogP contribution is 2.24. The first kappa shape index (κ1) is 16.6. The molecule has 2 amide bonds. The fourth-order valence-electron chi connectivity index (χ4n) is 2.75. The van der Waals surface area contributed by atoms with Crippen LogP contribution in [0.5, 0.6) is 0 Å². The zero-order chi connectivity index (χ0) is 18.0. The van der Waals surface area contributed by atoms with Gasteiger partial charge in [-0.25, -0.2) is 4.79 Å². The zero-order valence-corrected chi connectivity index (χ0v) is 13.8. The molecule has 2 aromatic rings. The average molecular weight is 335 g/mol. The van der Waals surface area contributed by atoms with Gasteiger partial charge in [0.05, 0.1) is 16.7 Å². The van der Waals surface area contributed by atoms with Gasteiger partial charge in [0.15, 0.2) is 0 Å². The van der Waals surface area contributed by atoms with Crippen LogP contribution in [0.15, 0.2) is 55.1 Å². The van der Waals surface area contributed by atoms with Gasteiger partial charge in [-0.3, -0.25) is 14.5 Å². The highest BCUT2D eigenvalue weighted by atomic mass is 16.5. The molecule has 1 heterocycles. The van der Waals surface area contributed by atoms with Crippen molar-refractivity contribution in [2.75, 3.05) is 6.54 Å². The Morgan fingerprint density at radius 3 is 2.60 bits per heavy atom. The quantitative estimate of drug-likeness (QED) is 0.478. The molecule has 0 radical (unpaired) electrons. The van der Waals surface area contributed by atoms with Gasteiger partial charge < -0.3 is 4.74 Å². The Balaban J connectivity index is 1.76. The number of nitrogens with zero attached hydrogens (tertiary/aromatic N) is 1. The second-order valence-electron chi connectivity index (χ2n) is 5.84. The molecule has 0 bridgehead atoms. The molecular formula is C20H17NO4. The first-order chi connectivity index (χ1) is 12.0. The van der Waals surface area contributed by atoms with Crippen LogP contribution < -0.4 is 0 Å². The third kappa shape index (κ3) is 3.21.